The zero-order chi connectivity index (χ0) is 24.8. The summed E-state index contributed by atoms with van der Waals surface area (Å²) < 4.78 is 21.7. The zero-order valence-electron chi connectivity index (χ0n) is 19.3. The van der Waals surface area contributed by atoms with Crippen LogP contribution in [0.3, 0.4) is 0 Å². The summed E-state index contributed by atoms with van der Waals surface area (Å²) in [4.78, 5) is 22.9. The highest BCUT2D eigenvalue weighted by atomic mass is 35.5. The molecule has 1 heterocycles. The first-order valence-electron chi connectivity index (χ1n) is 11.0. The Morgan fingerprint density at radius 2 is 1.74 bits per heavy atom. The van der Waals surface area contributed by atoms with Gasteiger partial charge < -0.3 is 29.2 Å². The van der Waals surface area contributed by atoms with Crippen molar-refractivity contribution < 1.29 is 38.7 Å². The molecular weight excluding hydrogens is 464 g/mol. The van der Waals surface area contributed by atoms with E-state index in [0.717, 1.165) is 16.9 Å². The van der Waals surface area contributed by atoms with Crippen LogP contribution in [0.4, 0.5) is 0 Å². The SMILES string of the molecule is CCOc1ccc(Cc2cc(C3OC(COC(C)=O)C(O)C(O)C3OC(C)=O)ccc2Cl)cc1. The van der Waals surface area contributed by atoms with E-state index in [1.165, 1.54) is 13.8 Å². The Bertz CT molecular complexity index is 991. The number of hydrogen-bond acceptors (Lipinski definition) is 8. The van der Waals surface area contributed by atoms with Crippen LogP contribution in [-0.2, 0) is 30.2 Å². The third kappa shape index (κ3) is 6.48. The number of benzene rings is 2. The monoisotopic (exact) mass is 492 g/mol. The number of ether oxygens (including phenoxy) is 4. The molecule has 5 unspecified atom stereocenters. The van der Waals surface area contributed by atoms with Crippen molar-refractivity contribution in [3.63, 3.8) is 0 Å². The summed E-state index contributed by atoms with van der Waals surface area (Å²) >= 11 is 6.45. The minimum atomic E-state index is -1.45. The standard InChI is InChI=1S/C25H29ClO8/c1-4-31-19-8-5-16(6-9-19)11-18-12-17(7-10-20(18)26)24-25(33-15(3)28)23(30)22(29)21(34-24)13-32-14(2)27/h5-10,12,21-25,29-30H,4,11,13H2,1-3H3. The maximum Gasteiger partial charge on any atom is 0.303 e. The van der Waals surface area contributed by atoms with E-state index in [4.69, 9.17) is 30.5 Å². The predicted octanol–water partition coefficient (Wildman–Crippen LogP) is 2.99. The van der Waals surface area contributed by atoms with Gasteiger partial charge in [-0.05, 0) is 48.2 Å². The van der Waals surface area contributed by atoms with Crippen LogP contribution in [0.5, 0.6) is 5.75 Å². The van der Waals surface area contributed by atoms with Crippen molar-refractivity contribution in [2.45, 2.75) is 57.7 Å². The van der Waals surface area contributed by atoms with Crippen LogP contribution in [0.15, 0.2) is 42.5 Å². The highest BCUT2D eigenvalue weighted by Gasteiger charge is 2.47. The number of carbonyl (C=O) groups is 2. The smallest absolute Gasteiger partial charge is 0.303 e. The lowest BCUT2D eigenvalue weighted by Gasteiger charge is -2.42. The zero-order valence-corrected chi connectivity index (χ0v) is 20.0. The molecule has 1 aliphatic rings. The highest BCUT2D eigenvalue weighted by molar-refractivity contribution is 6.31. The fraction of sp³-hybridized carbons (Fsp3) is 0.440. The molecule has 34 heavy (non-hydrogen) atoms. The molecule has 0 aromatic heterocycles. The van der Waals surface area contributed by atoms with E-state index < -0.39 is 42.5 Å². The summed E-state index contributed by atoms with van der Waals surface area (Å²) in [6.07, 6.45) is -5.45. The molecule has 0 spiro atoms. The lowest BCUT2D eigenvalue weighted by atomic mass is 9.90. The minimum Gasteiger partial charge on any atom is -0.494 e. The predicted molar refractivity (Wildman–Crippen MR) is 124 cm³/mol. The van der Waals surface area contributed by atoms with Crippen LogP contribution in [0.2, 0.25) is 5.02 Å². The van der Waals surface area contributed by atoms with Gasteiger partial charge in [-0.15, -0.1) is 0 Å². The van der Waals surface area contributed by atoms with Gasteiger partial charge in [0.25, 0.3) is 0 Å². The van der Waals surface area contributed by atoms with Crippen molar-refractivity contribution in [1.82, 2.24) is 0 Å². The molecule has 2 aromatic rings. The van der Waals surface area contributed by atoms with E-state index in [0.29, 0.717) is 23.6 Å². The molecule has 0 amide bonds. The molecule has 0 radical (unpaired) electrons. The normalized spacial score (nSPS) is 24.4. The van der Waals surface area contributed by atoms with Crippen molar-refractivity contribution >= 4 is 23.5 Å². The van der Waals surface area contributed by atoms with E-state index in [9.17, 15) is 19.8 Å². The topological polar surface area (TPSA) is 112 Å². The van der Waals surface area contributed by atoms with Crippen LogP contribution in [-0.4, -0.2) is 59.8 Å². The Morgan fingerprint density at radius 3 is 2.35 bits per heavy atom. The highest BCUT2D eigenvalue weighted by Crippen LogP contribution is 2.36. The Labute approximate surface area is 203 Å². The van der Waals surface area contributed by atoms with E-state index in [1.54, 1.807) is 12.1 Å². The maximum absolute atomic E-state index is 11.7. The lowest BCUT2D eigenvalue weighted by molar-refractivity contribution is -0.242. The Kier molecular flexibility index (Phi) is 8.90. The van der Waals surface area contributed by atoms with Gasteiger partial charge >= 0.3 is 11.9 Å². The van der Waals surface area contributed by atoms with Crippen molar-refractivity contribution in [2.24, 2.45) is 0 Å². The Hall–Kier alpha value is -2.65. The molecular formula is C25H29ClO8. The number of aliphatic hydroxyl groups is 2. The van der Waals surface area contributed by atoms with E-state index in [1.807, 2.05) is 37.3 Å². The summed E-state index contributed by atoms with van der Waals surface area (Å²) in [7, 11) is 0. The third-order valence-electron chi connectivity index (χ3n) is 5.47. The second kappa shape index (κ2) is 11.7. The summed E-state index contributed by atoms with van der Waals surface area (Å²) in [5, 5.41) is 21.7. The number of esters is 2. The molecule has 1 aliphatic heterocycles. The van der Waals surface area contributed by atoms with Gasteiger partial charge in [-0.2, -0.15) is 0 Å². The number of hydrogen-bond donors (Lipinski definition) is 2. The first-order chi connectivity index (χ1) is 16.2. The van der Waals surface area contributed by atoms with Gasteiger partial charge in [0.05, 0.1) is 6.61 Å². The molecule has 9 heteroatoms. The third-order valence-corrected chi connectivity index (χ3v) is 5.84. The second-order valence-electron chi connectivity index (χ2n) is 8.06. The van der Waals surface area contributed by atoms with Crippen LogP contribution < -0.4 is 4.74 Å². The van der Waals surface area contributed by atoms with Gasteiger partial charge in [-0.25, -0.2) is 0 Å². The average molecular weight is 493 g/mol. The summed E-state index contributed by atoms with van der Waals surface area (Å²) in [5.74, 6) is -0.405. The summed E-state index contributed by atoms with van der Waals surface area (Å²) in [5.41, 5.74) is 2.40. The van der Waals surface area contributed by atoms with Gasteiger partial charge in [0, 0.05) is 18.9 Å². The van der Waals surface area contributed by atoms with Crippen molar-refractivity contribution in [1.29, 1.82) is 0 Å². The summed E-state index contributed by atoms with van der Waals surface area (Å²) in [6, 6.07) is 12.9. The molecule has 0 saturated carbocycles. The van der Waals surface area contributed by atoms with Crippen LogP contribution >= 0.6 is 11.6 Å². The number of carbonyl (C=O) groups excluding carboxylic acids is 2. The van der Waals surface area contributed by atoms with E-state index >= 15 is 0 Å². The first kappa shape index (κ1) is 26.0. The summed E-state index contributed by atoms with van der Waals surface area (Å²) in [6.45, 7) is 4.68. The quantitative estimate of drug-likeness (QED) is 0.541. The van der Waals surface area contributed by atoms with Crippen molar-refractivity contribution in [2.75, 3.05) is 13.2 Å². The van der Waals surface area contributed by atoms with Gasteiger partial charge in [0.15, 0.2) is 6.10 Å². The molecule has 2 aromatic carbocycles. The van der Waals surface area contributed by atoms with Gasteiger partial charge in [0.2, 0.25) is 0 Å². The number of halogens is 1. The van der Waals surface area contributed by atoms with Gasteiger partial charge in [-0.3, -0.25) is 9.59 Å². The van der Waals surface area contributed by atoms with Gasteiger partial charge in [0.1, 0.15) is 36.8 Å². The van der Waals surface area contributed by atoms with Crippen LogP contribution in [0.1, 0.15) is 43.6 Å². The molecule has 0 bridgehead atoms. The van der Waals surface area contributed by atoms with Crippen LogP contribution in [0, 0.1) is 0 Å². The average Bonchev–Trinajstić information content (AvgIpc) is 2.79. The fourth-order valence-electron chi connectivity index (χ4n) is 3.87. The van der Waals surface area contributed by atoms with Crippen molar-refractivity contribution in [3.05, 3.63) is 64.2 Å². The Morgan fingerprint density at radius 1 is 1.03 bits per heavy atom. The molecule has 3 rings (SSSR count). The van der Waals surface area contributed by atoms with E-state index in [-0.39, 0.29) is 6.61 Å². The minimum absolute atomic E-state index is 0.260. The molecule has 1 saturated heterocycles. The van der Waals surface area contributed by atoms with E-state index in [2.05, 4.69) is 0 Å². The molecule has 0 aliphatic carbocycles. The van der Waals surface area contributed by atoms with Gasteiger partial charge in [-0.1, -0.05) is 35.9 Å². The van der Waals surface area contributed by atoms with Crippen molar-refractivity contribution in [3.8, 4) is 5.75 Å². The fourth-order valence-corrected chi connectivity index (χ4v) is 4.05. The molecule has 2 N–H and O–H groups in total. The second-order valence-corrected chi connectivity index (χ2v) is 8.46. The molecule has 5 atom stereocenters. The molecule has 1 fully saturated rings. The van der Waals surface area contributed by atoms with Crippen LogP contribution in [0.25, 0.3) is 0 Å². The Balaban J connectivity index is 1.89. The number of rotatable bonds is 8. The lowest BCUT2D eigenvalue weighted by Crippen LogP contribution is -2.56. The molecule has 8 nitrogen and oxygen atoms in total. The largest absolute Gasteiger partial charge is 0.494 e. The first-order valence-corrected chi connectivity index (χ1v) is 11.4. The molecule has 184 valence electrons. The number of aliphatic hydroxyl groups excluding tert-OH is 2. The maximum atomic E-state index is 11.7.